The summed E-state index contributed by atoms with van der Waals surface area (Å²) < 4.78 is 0. The number of rotatable bonds is 7. The third-order valence-corrected chi connectivity index (χ3v) is 7.96. The zero-order chi connectivity index (χ0) is 30.6. The zero-order valence-electron chi connectivity index (χ0n) is 24.7. The van der Waals surface area contributed by atoms with Crippen LogP contribution in [0, 0.1) is 6.92 Å². The van der Waals surface area contributed by atoms with Crippen LogP contribution in [0.1, 0.15) is 27.0 Å². The molecule has 2 aliphatic rings. The molecule has 1 saturated heterocycles. The van der Waals surface area contributed by atoms with Crippen LogP contribution in [0.5, 0.6) is 0 Å². The average Bonchev–Trinajstić information content (AvgIpc) is 3.35. The van der Waals surface area contributed by atoms with Crippen LogP contribution in [-0.4, -0.2) is 55.8 Å². The number of benzene rings is 4. The highest BCUT2D eigenvalue weighted by atomic mass is 16.2. The minimum Gasteiger partial charge on any atom is -0.369 e. The van der Waals surface area contributed by atoms with E-state index < -0.39 is 6.03 Å². The van der Waals surface area contributed by atoms with Crippen LogP contribution in [0.3, 0.4) is 0 Å². The van der Waals surface area contributed by atoms with Gasteiger partial charge in [-0.15, -0.1) is 0 Å². The topological polar surface area (TPSA) is 106 Å². The molecule has 2 aliphatic heterocycles. The SMILES string of the molecule is Cc1ccccc1NC(=O)Nc1cccc(C(=O)c2ccc3c(c2)NC(=O)/C3=C/Nc2ccc(N3CCN(C)CC3)cc2)c1. The molecule has 0 unspecified atom stereocenters. The van der Waals surface area contributed by atoms with Gasteiger partial charge in [-0.25, -0.2) is 4.79 Å². The Bertz CT molecular complexity index is 1760. The highest BCUT2D eigenvalue weighted by molar-refractivity contribution is 6.32. The molecule has 0 bridgehead atoms. The Kier molecular flexibility index (Phi) is 8.12. The summed E-state index contributed by atoms with van der Waals surface area (Å²) in [7, 11) is 2.14. The molecule has 2 heterocycles. The normalized spacial score (nSPS) is 15.5. The van der Waals surface area contributed by atoms with E-state index in [1.807, 2.05) is 43.3 Å². The number of hydrogen-bond acceptors (Lipinski definition) is 6. The molecule has 0 atom stereocenters. The van der Waals surface area contributed by atoms with Crippen molar-refractivity contribution in [3.05, 3.63) is 119 Å². The van der Waals surface area contributed by atoms with Crippen molar-refractivity contribution in [3.8, 4) is 0 Å². The van der Waals surface area contributed by atoms with Crippen molar-refractivity contribution in [2.45, 2.75) is 6.92 Å². The van der Waals surface area contributed by atoms with E-state index in [0.717, 1.165) is 43.0 Å². The second kappa shape index (κ2) is 12.4. The van der Waals surface area contributed by atoms with Crippen molar-refractivity contribution in [3.63, 3.8) is 0 Å². The molecule has 44 heavy (non-hydrogen) atoms. The molecule has 4 aromatic rings. The van der Waals surface area contributed by atoms with Crippen LogP contribution in [0.2, 0.25) is 0 Å². The van der Waals surface area contributed by atoms with Gasteiger partial charge in [0, 0.05) is 77.5 Å². The number of carbonyl (C=O) groups excluding carboxylic acids is 3. The van der Waals surface area contributed by atoms with Gasteiger partial charge in [0.25, 0.3) is 5.91 Å². The summed E-state index contributed by atoms with van der Waals surface area (Å²) >= 11 is 0. The maximum Gasteiger partial charge on any atom is 0.323 e. The van der Waals surface area contributed by atoms with Crippen molar-refractivity contribution in [2.75, 3.05) is 59.4 Å². The molecule has 1 fully saturated rings. The van der Waals surface area contributed by atoms with Crippen molar-refractivity contribution in [1.29, 1.82) is 0 Å². The van der Waals surface area contributed by atoms with E-state index in [9.17, 15) is 14.4 Å². The Morgan fingerprint density at radius 2 is 1.55 bits per heavy atom. The summed E-state index contributed by atoms with van der Waals surface area (Å²) in [4.78, 5) is 43.5. The Labute approximate surface area is 256 Å². The highest BCUT2D eigenvalue weighted by Crippen LogP contribution is 2.33. The van der Waals surface area contributed by atoms with Crippen LogP contribution >= 0.6 is 0 Å². The van der Waals surface area contributed by atoms with Crippen molar-refractivity contribution >= 4 is 51.7 Å². The molecule has 0 radical (unpaired) electrons. The minimum absolute atomic E-state index is 0.221. The van der Waals surface area contributed by atoms with E-state index in [-0.39, 0.29) is 11.7 Å². The van der Waals surface area contributed by atoms with Gasteiger partial charge in [-0.05, 0) is 68.1 Å². The Balaban J connectivity index is 1.12. The Hall–Kier alpha value is -5.41. The lowest BCUT2D eigenvalue weighted by molar-refractivity contribution is -0.110. The number of fused-ring (bicyclic) bond motifs is 1. The van der Waals surface area contributed by atoms with Gasteiger partial charge < -0.3 is 31.1 Å². The first-order valence-electron chi connectivity index (χ1n) is 14.6. The predicted molar refractivity (Wildman–Crippen MR) is 177 cm³/mol. The second-order valence-corrected chi connectivity index (χ2v) is 11.1. The van der Waals surface area contributed by atoms with E-state index in [4.69, 9.17) is 0 Å². The van der Waals surface area contributed by atoms with Crippen molar-refractivity contribution in [1.82, 2.24) is 4.90 Å². The number of nitrogens with one attached hydrogen (secondary N) is 4. The molecule has 4 aromatic carbocycles. The van der Waals surface area contributed by atoms with Crippen molar-refractivity contribution < 1.29 is 14.4 Å². The lowest BCUT2D eigenvalue weighted by atomic mass is 9.99. The fourth-order valence-corrected chi connectivity index (χ4v) is 5.37. The fraction of sp³-hybridized carbons (Fsp3) is 0.171. The lowest BCUT2D eigenvalue weighted by Crippen LogP contribution is -2.44. The lowest BCUT2D eigenvalue weighted by Gasteiger charge is -2.34. The molecule has 9 nitrogen and oxygen atoms in total. The third-order valence-electron chi connectivity index (χ3n) is 7.96. The van der Waals surface area contributed by atoms with Crippen molar-refractivity contribution in [2.24, 2.45) is 0 Å². The summed E-state index contributed by atoms with van der Waals surface area (Å²) in [6.45, 7) is 6.01. The summed E-state index contributed by atoms with van der Waals surface area (Å²) in [5, 5.41) is 11.7. The van der Waals surface area contributed by atoms with Crippen LogP contribution in [0.25, 0.3) is 5.57 Å². The average molecular weight is 587 g/mol. The van der Waals surface area contributed by atoms with Crippen LogP contribution in [0.15, 0.2) is 97.2 Å². The molecule has 4 N–H and O–H groups in total. The van der Waals surface area contributed by atoms with Gasteiger partial charge in [-0.3, -0.25) is 9.59 Å². The molecule has 6 rings (SSSR count). The van der Waals surface area contributed by atoms with Crippen LogP contribution in [0.4, 0.5) is 33.2 Å². The maximum atomic E-state index is 13.4. The summed E-state index contributed by atoms with van der Waals surface area (Å²) in [5.74, 6) is -0.460. The van der Waals surface area contributed by atoms with E-state index in [0.29, 0.717) is 33.8 Å². The summed E-state index contributed by atoms with van der Waals surface area (Å²) in [5.41, 5.74) is 6.84. The van der Waals surface area contributed by atoms with Gasteiger partial charge >= 0.3 is 6.03 Å². The Morgan fingerprint density at radius 3 is 2.32 bits per heavy atom. The number of piperazine rings is 1. The quantitative estimate of drug-likeness (QED) is 0.156. The molecule has 9 heteroatoms. The van der Waals surface area contributed by atoms with Gasteiger partial charge in [-0.1, -0.05) is 42.5 Å². The van der Waals surface area contributed by atoms with Gasteiger partial charge in [0.05, 0.1) is 5.57 Å². The molecule has 3 amide bonds. The molecular weight excluding hydrogens is 552 g/mol. The predicted octanol–water partition coefficient (Wildman–Crippen LogP) is 6.03. The summed E-state index contributed by atoms with van der Waals surface area (Å²) in [6.07, 6.45) is 1.70. The van der Waals surface area contributed by atoms with Gasteiger partial charge in [0.15, 0.2) is 5.78 Å². The molecule has 0 aliphatic carbocycles. The highest BCUT2D eigenvalue weighted by Gasteiger charge is 2.25. The number of urea groups is 1. The van der Waals surface area contributed by atoms with E-state index in [1.54, 1.807) is 48.7 Å². The first-order chi connectivity index (χ1) is 21.3. The second-order valence-electron chi connectivity index (χ2n) is 11.1. The number of likely N-dealkylation sites (N-methyl/N-ethyl adjacent to an activating group) is 1. The molecular formula is C35H34N6O3. The third kappa shape index (κ3) is 6.33. The summed E-state index contributed by atoms with van der Waals surface area (Å²) in [6, 6.07) is 27.2. The first kappa shape index (κ1) is 28.7. The standard InChI is InChI=1S/C35H34N6O3/c1-23-6-3-4-9-31(23)39-35(44)37-27-8-5-7-24(20-27)33(42)25-10-15-29-30(34(43)38-32(29)21-25)22-36-26-11-13-28(14-12-26)41-18-16-40(2)17-19-41/h3-15,20-22,36H,16-19H2,1-2H3,(H,38,43)(H2,37,39,44)/b30-22+. The smallest absolute Gasteiger partial charge is 0.323 e. The number of amides is 3. The molecule has 0 saturated carbocycles. The molecule has 222 valence electrons. The monoisotopic (exact) mass is 586 g/mol. The van der Waals surface area contributed by atoms with Crippen LogP contribution in [-0.2, 0) is 4.79 Å². The number of para-hydroxylation sites is 1. The number of hydrogen-bond donors (Lipinski definition) is 4. The minimum atomic E-state index is -0.400. The van der Waals surface area contributed by atoms with Gasteiger partial charge in [0.1, 0.15) is 0 Å². The van der Waals surface area contributed by atoms with E-state index in [2.05, 4.69) is 50.2 Å². The maximum absolute atomic E-state index is 13.4. The van der Waals surface area contributed by atoms with E-state index >= 15 is 0 Å². The zero-order valence-corrected chi connectivity index (χ0v) is 24.7. The molecule has 0 aromatic heterocycles. The Morgan fingerprint density at radius 1 is 0.795 bits per heavy atom. The van der Waals surface area contributed by atoms with E-state index in [1.165, 1.54) is 5.69 Å². The first-order valence-corrected chi connectivity index (χ1v) is 14.6. The number of nitrogens with zero attached hydrogens (tertiary/aromatic N) is 2. The number of ketones is 1. The van der Waals surface area contributed by atoms with Gasteiger partial charge in [-0.2, -0.15) is 0 Å². The molecule has 0 spiro atoms. The number of anilines is 5. The van der Waals surface area contributed by atoms with Crippen LogP contribution < -0.4 is 26.2 Å². The number of aryl methyl sites for hydroxylation is 1. The number of carbonyl (C=O) groups is 3. The fourth-order valence-electron chi connectivity index (χ4n) is 5.37. The van der Waals surface area contributed by atoms with Gasteiger partial charge in [0.2, 0.25) is 0 Å². The largest absolute Gasteiger partial charge is 0.369 e.